The molecule has 0 aliphatic rings. The lowest BCUT2D eigenvalue weighted by molar-refractivity contribution is 0.102. The molecule has 0 aliphatic carbocycles. The molecule has 0 aromatic heterocycles. The van der Waals surface area contributed by atoms with E-state index >= 15 is 0 Å². The third kappa shape index (κ3) is 4.52. The van der Waals surface area contributed by atoms with Gasteiger partial charge in [0.15, 0.2) is 0 Å². The summed E-state index contributed by atoms with van der Waals surface area (Å²) >= 11 is 1.68. The topological polar surface area (TPSA) is 29.1 Å². The number of hydrogen-bond acceptors (Lipinski definition) is 2. The first-order chi connectivity index (χ1) is 12.1. The van der Waals surface area contributed by atoms with E-state index in [4.69, 9.17) is 0 Å². The fraction of sp³-hybridized carbons (Fsp3) is 0.136. The van der Waals surface area contributed by atoms with E-state index in [-0.39, 0.29) is 5.91 Å². The van der Waals surface area contributed by atoms with Crippen molar-refractivity contribution < 1.29 is 4.79 Å². The number of anilines is 1. The molecule has 1 N–H and O–H groups in total. The van der Waals surface area contributed by atoms with Crippen LogP contribution in [0.1, 0.15) is 27.0 Å². The molecule has 3 aromatic carbocycles. The van der Waals surface area contributed by atoms with Crippen LogP contribution in [0.5, 0.6) is 0 Å². The summed E-state index contributed by atoms with van der Waals surface area (Å²) in [7, 11) is 0. The molecule has 0 saturated carbocycles. The molecular formula is C22H21NOS. The molecule has 0 heterocycles. The molecule has 3 aromatic rings. The van der Waals surface area contributed by atoms with E-state index in [2.05, 4.69) is 31.3 Å². The fourth-order valence-corrected chi connectivity index (χ4v) is 3.54. The van der Waals surface area contributed by atoms with Gasteiger partial charge in [-0.2, -0.15) is 0 Å². The predicted molar refractivity (Wildman–Crippen MR) is 106 cm³/mol. The van der Waals surface area contributed by atoms with Crippen LogP contribution < -0.4 is 5.32 Å². The number of thioether (sulfide) groups is 1. The molecule has 0 spiro atoms. The number of hydrogen-bond donors (Lipinski definition) is 1. The van der Waals surface area contributed by atoms with Gasteiger partial charge < -0.3 is 5.32 Å². The van der Waals surface area contributed by atoms with Crippen molar-refractivity contribution in [3.8, 4) is 0 Å². The average molecular weight is 347 g/mol. The Balaban J connectivity index is 1.75. The summed E-state index contributed by atoms with van der Waals surface area (Å²) in [6, 6.07) is 24.0. The van der Waals surface area contributed by atoms with Gasteiger partial charge in [-0.05, 0) is 54.8 Å². The first-order valence-corrected chi connectivity index (χ1v) is 9.26. The van der Waals surface area contributed by atoms with E-state index < -0.39 is 0 Å². The van der Waals surface area contributed by atoms with Crippen molar-refractivity contribution in [2.24, 2.45) is 0 Å². The van der Waals surface area contributed by atoms with Crippen molar-refractivity contribution in [3.05, 3.63) is 95.1 Å². The van der Waals surface area contributed by atoms with Gasteiger partial charge in [-0.3, -0.25) is 4.79 Å². The number of rotatable bonds is 5. The van der Waals surface area contributed by atoms with Gasteiger partial charge in [0.25, 0.3) is 5.91 Å². The minimum atomic E-state index is -0.0700. The maximum absolute atomic E-state index is 12.7. The minimum absolute atomic E-state index is 0.0700. The van der Waals surface area contributed by atoms with Crippen LogP contribution in [0.25, 0.3) is 0 Å². The van der Waals surface area contributed by atoms with Crippen LogP contribution >= 0.6 is 11.8 Å². The van der Waals surface area contributed by atoms with Gasteiger partial charge in [-0.25, -0.2) is 0 Å². The van der Waals surface area contributed by atoms with Gasteiger partial charge in [0.2, 0.25) is 0 Å². The summed E-state index contributed by atoms with van der Waals surface area (Å²) in [6.45, 7) is 4.12. The Kier molecular flexibility index (Phi) is 5.56. The summed E-state index contributed by atoms with van der Waals surface area (Å²) in [5, 5.41) is 3.01. The molecule has 0 atom stereocenters. The van der Waals surface area contributed by atoms with Gasteiger partial charge in [0.05, 0.1) is 5.56 Å². The van der Waals surface area contributed by atoms with Crippen molar-refractivity contribution in [1.82, 2.24) is 0 Å². The molecule has 3 heteroatoms. The predicted octanol–water partition coefficient (Wildman–Crippen LogP) is 5.85. The first kappa shape index (κ1) is 17.3. The van der Waals surface area contributed by atoms with Gasteiger partial charge in [-0.15, -0.1) is 11.8 Å². The van der Waals surface area contributed by atoms with E-state index in [1.807, 2.05) is 60.7 Å². The Labute approximate surface area is 153 Å². The Morgan fingerprint density at radius 3 is 2.36 bits per heavy atom. The molecule has 2 nitrogen and oxygen atoms in total. The second kappa shape index (κ2) is 8.04. The summed E-state index contributed by atoms with van der Waals surface area (Å²) in [6.07, 6.45) is 0. The molecule has 25 heavy (non-hydrogen) atoms. The third-order valence-electron chi connectivity index (χ3n) is 4.13. The number of carbonyl (C=O) groups is 1. The lowest BCUT2D eigenvalue weighted by Crippen LogP contribution is -2.13. The number of aryl methyl sites for hydroxylation is 2. The molecule has 0 aliphatic heterocycles. The molecular weight excluding hydrogens is 326 g/mol. The van der Waals surface area contributed by atoms with E-state index in [1.165, 1.54) is 16.7 Å². The zero-order valence-corrected chi connectivity index (χ0v) is 15.3. The SMILES string of the molecule is Cc1ccc(NC(=O)c2ccccc2SCc2ccccc2)cc1C. The van der Waals surface area contributed by atoms with E-state index in [1.54, 1.807) is 11.8 Å². The molecule has 0 radical (unpaired) electrons. The number of carbonyl (C=O) groups excluding carboxylic acids is 1. The fourth-order valence-electron chi connectivity index (χ4n) is 2.53. The zero-order valence-electron chi connectivity index (χ0n) is 14.5. The molecule has 1 amide bonds. The molecule has 3 rings (SSSR count). The number of amides is 1. The van der Waals surface area contributed by atoms with Crippen molar-refractivity contribution in [2.75, 3.05) is 5.32 Å². The van der Waals surface area contributed by atoms with Crippen LogP contribution in [0.2, 0.25) is 0 Å². The van der Waals surface area contributed by atoms with E-state index in [9.17, 15) is 4.79 Å². The smallest absolute Gasteiger partial charge is 0.256 e. The van der Waals surface area contributed by atoms with Gasteiger partial charge >= 0.3 is 0 Å². The molecule has 0 fully saturated rings. The highest BCUT2D eigenvalue weighted by atomic mass is 32.2. The molecule has 126 valence electrons. The summed E-state index contributed by atoms with van der Waals surface area (Å²) in [4.78, 5) is 13.7. The monoisotopic (exact) mass is 347 g/mol. The highest BCUT2D eigenvalue weighted by molar-refractivity contribution is 7.98. The van der Waals surface area contributed by atoms with Crippen molar-refractivity contribution in [2.45, 2.75) is 24.5 Å². The Bertz CT molecular complexity index is 874. The van der Waals surface area contributed by atoms with Crippen LogP contribution in [0.4, 0.5) is 5.69 Å². The lowest BCUT2D eigenvalue weighted by atomic mass is 10.1. The second-order valence-electron chi connectivity index (χ2n) is 6.02. The van der Waals surface area contributed by atoms with E-state index in [0.29, 0.717) is 5.56 Å². The number of nitrogens with one attached hydrogen (secondary N) is 1. The quantitative estimate of drug-likeness (QED) is 0.587. The van der Waals surface area contributed by atoms with Crippen LogP contribution in [0.15, 0.2) is 77.7 Å². The zero-order chi connectivity index (χ0) is 17.6. The number of benzene rings is 3. The molecule has 0 bridgehead atoms. The van der Waals surface area contributed by atoms with Crippen LogP contribution in [0.3, 0.4) is 0 Å². The van der Waals surface area contributed by atoms with Crippen LogP contribution in [-0.2, 0) is 5.75 Å². The maximum atomic E-state index is 12.7. The first-order valence-electron chi connectivity index (χ1n) is 8.28. The summed E-state index contributed by atoms with van der Waals surface area (Å²) in [5.41, 5.74) is 5.18. The lowest BCUT2D eigenvalue weighted by Gasteiger charge is -2.11. The van der Waals surface area contributed by atoms with E-state index in [0.717, 1.165) is 16.3 Å². The highest BCUT2D eigenvalue weighted by Gasteiger charge is 2.12. The highest BCUT2D eigenvalue weighted by Crippen LogP contribution is 2.27. The standard InChI is InChI=1S/C22H21NOS/c1-16-12-13-19(14-17(16)2)23-22(24)20-10-6-7-11-21(20)25-15-18-8-4-3-5-9-18/h3-14H,15H2,1-2H3,(H,23,24). The van der Waals surface area contributed by atoms with Crippen molar-refractivity contribution in [1.29, 1.82) is 0 Å². The van der Waals surface area contributed by atoms with Crippen LogP contribution in [-0.4, -0.2) is 5.91 Å². The summed E-state index contributed by atoms with van der Waals surface area (Å²) in [5.74, 6) is 0.772. The largest absolute Gasteiger partial charge is 0.322 e. The second-order valence-corrected chi connectivity index (χ2v) is 7.04. The Morgan fingerprint density at radius 1 is 0.880 bits per heavy atom. The van der Waals surface area contributed by atoms with Gasteiger partial charge in [-0.1, -0.05) is 48.5 Å². The summed E-state index contributed by atoms with van der Waals surface area (Å²) < 4.78 is 0. The normalized spacial score (nSPS) is 10.5. The van der Waals surface area contributed by atoms with Gasteiger partial charge in [0, 0.05) is 16.3 Å². The Morgan fingerprint density at radius 2 is 1.60 bits per heavy atom. The van der Waals surface area contributed by atoms with Crippen molar-refractivity contribution in [3.63, 3.8) is 0 Å². The maximum Gasteiger partial charge on any atom is 0.256 e. The Hall–Kier alpha value is -2.52. The minimum Gasteiger partial charge on any atom is -0.322 e. The average Bonchev–Trinajstić information content (AvgIpc) is 2.64. The van der Waals surface area contributed by atoms with Gasteiger partial charge in [0.1, 0.15) is 0 Å². The van der Waals surface area contributed by atoms with Crippen LogP contribution in [0, 0.1) is 13.8 Å². The van der Waals surface area contributed by atoms with Crippen molar-refractivity contribution >= 4 is 23.4 Å². The third-order valence-corrected chi connectivity index (χ3v) is 5.28. The molecule has 0 unspecified atom stereocenters. The molecule has 0 saturated heterocycles.